The fourth-order valence-electron chi connectivity index (χ4n) is 13.0. The van der Waals surface area contributed by atoms with Crippen LogP contribution in [0.25, 0.3) is 11.1 Å². The molecule has 8 aromatic rings. The Morgan fingerprint density at radius 3 is 1.66 bits per heavy atom. The zero-order chi connectivity index (χ0) is 47.1. The molecular weight excluding hydrogens is 840 g/mol. The molecule has 0 bridgehead atoms. The minimum atomic E-state index is -1.90. The Morgan fingerprint density at radius 2 is 1.01 bits per heavy atom. The first-order valence-corrected chi connectivity index (χ1v) is 26.5. The fourth-order valence-corrected chi connectivity index (χ4v) is 17.1. The van der Waals surface area contributed by atoms with Gasteiger partial charge in [0.1, 0.15) is 0 Å². The second-order valence-corrected chi connectivity index (χ2v) is 25.7. The lowest BCUT2D eigenvalue weighted by atomic mass is 9.54. The molecule has 0 saturated carbocycles. The normalized spacial score (nSPS) is 18.4. The molecule has 0 unspecified atom stereocenters. The number of nitrogens with zero attached hydrogens (tertiary/aromatic N) is 1. The smallest absolute Gasteiger partial charge is 0.198 e. The molecule has 0 fully saturated rings. The standard InChI is InChI=1S/C64H63BN2S/c1-40-34-45(44-26-21-31-58-60(44)66-53-29-19-20-30-57(53)68(58,42-22-13-11-14-23-42)43-24-15-12-16-25-43)59-56(35-40)67(54-38-49-48(36-41(54)2)61(3,4)32-33-62(49,5)6)55-39-51-50(37-52(55)65-59)63(7,8)46-27-17-18-28-47(46)64(51,9)10/h11-31,34-39,65-66H,32-33H2,1-10H3. The molecule has 0 radical (unpaired) electrons. The molecule has 4 heteroatoms. The minimum Gasteiger partial charge on any atom is -0.353 e. The summed E-state index contributed by atoms with van der Waals surface area (Å²) in [7, 11) is -1.07. The van der Waals surface area contributed by atoms with E-state index >= 15 is 0 Å². The van der Waals surface area contributed by atoms with E-state index in [0.717, 1.165) is 7.28 Å². The first kappa shape index (κ1) is 43.1. The van der Waals surface area contributed by atoms with Gasteiger partial charge in [0.05, 0.1) is 11.4 Å². The average Bonchev–Trinajstić information content (AvgIpc) is 3.33. The van der Waals surface area contributed by atoms with Gasteiger partial charge in [-0.25, -0.2) is 0 Å². The summed E-state index contributed by atoms with van der Waals surface area (Å²) >= 11 is 0. The van der Waals surface area contributed by atoms with Crippen molar-refractivity contribution in [1.82, 2.24) is 0 Å². The summed E-state index contributed by atoms with van der Waals surface area (Å²) in [6.07, 6.45) is 2.37. The van der Waals surface area contributed by atoms with Gasteiger partial charge in [-0.05, 0) is 154 Å². The van der Waals surface area contributed by atoms with E-state index in [0.29, 0.717) is 0 Å². The molecular formula is C64H63BN2S. The predicted molar refractivity (Wildman–Crippen MR) is 292 cm³/mol. The summed E-state index contributed by atoms with van der Waals surface area (Å²) in [4.78, 5) is 8.08. The van der Waals surface area contributed by atoms with Crippen molar-refractivity contribution in [2.75, 3.05) is 10.2 Å². The number of hydrogen-bond donors (Lipinski definition) is 1. The van der Waals surface area contributed by atoms with E-state index in [4.69, 9.17) is 0 Å². The molecule has 0 aromatic heterocycles. The van der Waals surface area contributed by atoms with Gasteiger partial charge in [-0.3, -0.25) is 0 Å². The van der Waals surface area contributed by atoms with Crippen molar-refractivity contribution < 1.29 is 0 Å². The lowest BCUT2D eigenvalue weighted by Crippen LogP contribution is -2.44. The van der Waals surface area contributed by atoms with Crippen molar-refractivity contribution in [3.05, 3.63) is 208 Å². The Morgan fingerprint density at radius 1 is 0.471 bits per heavy atom. The van der Waals surface area contributed by atoms with E-state index in [9.17, 15) is 0 Å². The molecule has 0 saturated heterocycles. The van der Waals surface area contributed by atoms with Crippen LogP contribution in [-0.4, -0.2) is 7.28 Å². The molecule has 4 aliphatic rings. The first-order chi connectivity index (χ1) is 32.5. The molecule has 0 atom stereocenters. The van der Waals surface area contributed by atoms with Crippen LogP contribution in [0.1, 0.15) is 113 Å². The van der Waals surface area contributed by atoms with Crippen molar-refractivity contribution in [2.45, 2.75) is 123 Å². The Balaban J connectivity index is 1.15. The summed E-state index contributed by atoms with van der Waals surface area (Å²) in [5.41, 5.74) is 22.8. The van der Waals surface area contributed by atoms with E-state index in [1.54, 1.807) is 0 Å². The van der Waals surface area contributed by atoms with Crippen LogP contribution in [0.3, 0.4) is 0 Å². The molecule has 2 aliphatic carbocycles. The number of hydrogen-bond acceptors (Lipinski definition) is 2. The van der Waals surface area contributed by atoms with E-state index in [2.05, 4.69) is 243 Å². The molecule has 0 amide bonds. The third-order valence-electron chi connectivity index (χ3n) is 16.8. The summed E-state index contributed by atoms with van der Waals surface area (Å²) < 4.78 is 0. The summed E-state index contributed by atoms with van der Waals surface area (Å²) in [6.45, 7) is 24.3. The van der Waals surface area contributed by atoms with E-state index in [-0.39, 0.29) is 21.7 Å². The van der Waals surface area contributed by atoms with Crippen LogP contribution >= 0.6 is 10.0 Å². The molecule has 2 heterocycles. The quantitative estimate of drug-likeness (QED) is 0.177. The van der Waals surface area contributed by atoms with Gasteiger partial charge < -0.3 is 10.2 Å². The van der Waals surface area contributed by atoms with Gasteiger partial charge in [0.25, 0.3) is 0 Å². The highest BCUT2D eigenvalue weighted by atomic mass is 32.3. The van der Waals surface area contributed by atoms with Crippen LogP contribution in [0.15, 0.2) is 183 Å². The van der Waals surface area contributed by atoms with Crippen molar-refractivity contribution >= 4 is 56.7 Å². The molecule has 2 nitrogen and oxygen atoms in total. The zero-order valence-corrected chi connectivity index (χ0v) is 42.4. The number of aryl methyl sites for hydroxylation is 2. The zero-order valence-electron chi connectivity index (χ0n) is 41.6. The van der Waals surface area contributed by atoms with Gasteiger partial charge >= 0.3 is 0 Å². The number of benzene rings is 8. The molecule has 1 N–H and O–H groups in total. The van der Waals surface area contributed by atoms with Crippen molar-refractivity contribution in [3.8, 4) is 11.1 Å². The SMILES string of the molecule is Cc1cc(-c2cccc3c2Nc2ccccc2S3(c2ccccc2)c2ccccc2)c2c(c1)N(c1cc3c(cc1C)C(C)(C)CCC3(C)C)c1cc3c(cc1B2)C(C)(C)c1ccccc1C3(C)C. The molecule has 12 rings (SSSR count). The summed E-state index contributed by atoms with van der Waals surface area (Å²) in [5, 5.41) is 4.13. The van der Waals surface area contributed by atoms with Gasteiger partial charge in [0.2, 0.25) is 0 Å². The second kappa shape index (κ2) is 14.9. The molecule has 68 heavy (non-hydrogen) atoms. The Hall–Kier alpha value is -6.23. The Bertz CT molecular complexity index is 3340. The lowest BCUT2D eigenvalue weighted by molar-refractivity contribution is 0.332. The summed E-state index contributed by atoms with van der Waals surface area (Å²) in [6, 6.07) is 63.4. The lowest BCUT2D eigenvalue weighted by Gasteiger charge is -2.47. The highest BCUT2D eigenvalue weighted by Crippen LogP contribution is 2.78. The molecule has 8 aromatic carbocycles. The minimum absolute atomic E-state index is 0.0650. The predicted octanol–water partition coefficient (Wildman–Crippen LogP) is 15.9. The van der Waals surface area contributed by atoms with E-state index in [1.165, 1.54) is 127 Å². The number of anilines is 5. The van der Waals surface area contributed by atoms with Gasteiger partial charge in [-0.1, -0.05) is 164 Å². The highest BCUT2D eigenvalue weighted by Gasteiger charge is 2.45. The average molecular weight is 903 g/mol. The number of rotatable bonds is 4. The van der Waals surface area contributed by atoms with Gasteiger partial charge in [0.15, 0.2) is 7.28 Å². The Kier molecular flexibility index (Phi) is 9.43. The van der Waals surface area contributed by atoms with Crippen molar-refractivity contribution in [2.24, 2.45) is 0 Å². The van der Waals surface area contributed by atoms with Gasteiger partial charge in [-0.2, -0.15) is 0 Å². The highest BCUT2D eigenvalue weighted by molar-refractivity contribution is 8.34. The van der Waals surface area contributed by atoms with Crippen LogP contribution in [0.2, 0.25) is 0 Å². The third kappa shape index (κ3) is 6.05. The van der Waals surface area contributed by atoms with Gasteiger partial charge in [-0.15, -0.1) is 10.0 Å². The summed E-state index contributed by atoms with van der Waals surface area (Å²) in [5.74, 6) is 0. The van der Waals surface area contributed by atoms with Crippen LogP contribution in [0.5, 0.6) is 0 Å². The van der Waals surface area contributed by atoms with Crippen LogP contribution < -0.4 is 21.1 Å². The Labute approximate surface area is 407 Å². The molecule has 2 aliphatic heterocycles. The largest absolute Gasteiger partial charge is 0.353 e. The topological polar surface area (TPSA) is 15.3 Å². The molecule has 0 spiro atoms. The third-order valence-corrected chi connectivity index (χ3v) is 20.8. The number of nitrogens with one attached hydrogen (secondary N) is 1. The van der Waals surface area contributed by atoms with Crippen LogP contribution in [-0.2, 0) is 21.7 Å². The molecule has 338 valence electrons. The van der Waals surface area contributed by atoms with Crippen LogP contribution in [0.4, 0.5) is 28.4 Å². The maximum absolute atomic E-state index is 4.13. The first-order valence-electron chi connectivity index (χ1n) is 24.8. The van der Waals surface area contributed by atoms with Gasteiger partial charge in [0, 0.05) is 53.0 Å². The maximum atomic E-state index is 4.13. The van der Waals surface area contributed by atoms with E-state index in [1.807, 2.05) is 0 Å². The van der Waals surface area contributed by atoms with E-state index < -0.39 is 10.0 Å². The maximum Gasteiger partial charge on any atom is 0.198 e. The van der Waals surface area contributed by atoms with Crippen molar-refractivity contribution in [1.29, 1.82) is 0 Å². The van der Waals surface area contributed by atoms with Crippen molar-refractivity contribution in [3.63, 3.8) is 0 Å². The number of para-hydroxylation sites is 2. The van der Waals surface area contributed by atoms with Crippen LogP contribution in [0, 0.1) is 13.8 Å². The fraction of sp³-hybridized carbons (Fsp3) is 0.250. The monoisotopic (exact) mass is 902 g/mol. The second-order valence-electron chi connectivity index (χ2n) is 22.6. The number of fused-ring (bicyclic) bond motifs is 7.